The van der Waals surface area contributed by atoms with Crippen LogP contribution in [-0.4, -0.2) is 25.2 Å². The molecule has 0 aliphatic carbocycles. The van der Waals surface area contributed by atoms with E-state index >= 15 is 0 Å². The summed E-state index contributed by atoms with van der Waals surface area (Å²) in [5, 5.41) is 0. The van der Waals surface area contributed by atoms with E-state index in [1.807, 2.05) is 0 Å². The highest BCUT2D eigenvalue weighted by Crippen LogP contribution is 2.57. The molecule has 0 fully saturated rings. The first kappa shape index (κ1) is 23.2. The molecule has 1 aromatic carbocycles. The normalized spacial score (nSPS) is 21.0. The monoisotopic (exact) mass is 478 g/mol. The highest BCUT2D eigenvalue weighted by Gasteiger charge is 2.29. The molecule has 0 saturated heterocycles. The fourth-order valence-corrected chi connectivity index (χ4v) is 8.49. The summed E-state index contributed by atoms with van der Waals surface area (Å²) in [7, 11) is 0. The highest BCUT2D eigenvalue weighted by atomic mass is 32.2. The molecule has 3 rings (SSSR count). The van der Waals surface area contributed by atoms with Crippen molar-refractivity contribution in [1.82, 2.24) is 0 Å². The molecule has 2 unspecified atom stereocenters. The Hall–Kier alpha value is -1.48. The van der Waals surface area contributed by atoms with Crippen LogP contribution in [0.4, 0.5) is 0 Å². The first-order valence-electron chi connectivity index (χ1n) is 9.15. The van der Waals surface area contributed by atoms with E-state index in [1.165, 1.54) is 33.1 Å². The summed E-state index contributed by atoms with van der Waals surface area (Å²) >= 11 is 7.03. The summed E-state index contributed by atoms with van der Waals surface area (Å²) in [5.41, 5.74) is 2.47. The number of hydrogen-bond donors (Lipinski definition) is 0. The second-order valence-corrected chi connectivity index (χ2v) is 12.0. The molecule has 1 aromatic rings. The number of carbonyl (C=O) groups excluding carboxylic acids is 2. The number of carbonyl (C=O) groups is 2. The molecule has 2 aliphatic rings. The van der Waals surface area contributed by atoms with Gasteiger partial charge < -0.3 is 9.47 Å². The van der Waals surface area contributed by atoms with Gasteiger partial charge in [0.05, 0.1) is 9.16 Å². The van der Waals surface area contributed by atoms with Gasteiger partial charge in [0.2, 0.25) is 0 Å². The van der Waals surface area contributed by atoms with Crippen molar-refractivity contribution in [2.24, 2.45) is 0 Å². The molecular formula is C22H22O4S4. The Morgan fingerprint density at radius 1 is 0.867 bits per heavy atom. The van der Waals surface area contributed by atoms with Crippen LogP contribution in [-0.2, 0) is 19.1 Å². The predicted molar refractivity (Wildman–Crippen MR) is 130 cm³/mol. The maximum absolute atomic E-state index is 11.4. The molecule has 0 saturated carbocycles. The van der Waals surface area contributed by atoms with E-state index in [0.29, 0.717) is 0 Å². The Kier molecular flexibility index (Phi) is 8.27. The molecule has 2 atom stereocenters. The van der Waals surface area contributed by atoms with Gasteiger partial charge in [-0.1, -0.05) is 37.4 Å². The van der Waals surface area contributed by atoms with E-state index in [1.54, 1.807) is 47.0 Å². The van der Waals surface area contributed by atoms with E-state index in [4.69, 9.17) is 9.47 Å². The van der Waals surface area contributed by atoms with E-state index < -0.39 is 11.9 Å². The van der Waals surface area contributed by atoms with Crippen molar-refractivity contribution in [2.45, 2.75) is 23.0 Å². The number of hydrogen-bond acceptors (Lipinski definition) is 8. The molecule has 0 amide bonds. The minimum absolute atomic E-state index is 0.237. The van der Waals surface area contributed by atoms with Crippen LogP contribution in [0.15, 0.2) is 69.2 Å². The van der Waals surface area contributed by atoms with Crippen LogP contribution >= 0.6 is 47.0 Å². The van der Waals surface area contributed by atoms with E-state index in [2.05, 4.69) is 51.3 Å². The van der Waals surface area contributed by atoms with Gasteiger partial charge in [-0.3, -0.25) is 0 Å². The average Bonchev–Trinajstić information content (AvgIpc) is 3.32. The van der Waals surface area contributed by atoms with Gasteiger partial charge in [-0.2, -0.15) is 0 Å². The van der Waals surface area contributed by atoms with E-state index in [9.17, 15) is 9.59 Å². The van der Waals surface area contributed by atoms with Crippen LogP contribution in [0.3, 0.4) is 0 Å². The number of ether oxygens (including phenoxy) is 2. The van der Waals surface area contributed by atoms with Crippen LogP contribution in [0.5, 0.6) is 0 Å². The average molecular weight is 479 g/mol. The zero-order valence-electron chi connectivity index (χ0n) is 16.7. The van der Waals surface area contributed by atoms with Crippen LogP contribution in [0.2, 0.25) is 0 Å². The molecule has 158 valence electrons. The summed E-state index contributed by atoms with van der Waals surface area (Å²) in [6, 6.07) is 8.60. The molecule has 0 aromatic heterocycles. The molecular weight excluding hydrogens is 457 g/mol. The number of esters is 2. The summed E-state index contributed by atoms with van der Waals surface area (Å²) in [6.07, 6.45) is 2.37. The Labute approximate surface area is 194 Å². The lowest BCUT2D eigenvalue weighted by atomic mass is 10.1. The van der Waals surface area contributed by atoms with Gasteiger partial charge in [0.1, 0.15) is 13.2 Å². The van der Waals surface area contributed by atoms with Crippen LogP contribution in [0.1, 0.15) is 34.1 Å². The summed E-state index contributed by atoms with van der Waals surface area (Å²) in [6.45, 7) is 11.6. The topological polar surface area (TPSA) is 52.6 Å². The fraction of sp³-hybridized carbons (Fsp3) is 0.273. The van der Waals surface area contributed by atoms with Crippen molar-refractivity contribution in [3.63, 3.8) is 0 Å². The Morgan fingerprint density at radius 3 is 1.70 bits per heavy atom. The lowest BCUT2D eigenvalue weighted by Gasteiger charge is -2.15. The zero-order chi connectivity index (χ0) is 21.7. The SMILES string of the molecule is C=CC(=O)OCC1=C(C)SC(c2cccc(C3SC(C)=C(COC(=O)C=C)S3)c2)S1. The third-order valence-corrected chi connectivity index (χ3v) is 10.3. The van der Waals surface area contributed by atoms with Gasteiger partial charge in [0.25, 0.3) is 0 Å². The first-order valence-corrected chi connectivity index (χ1v) is 12.7. The number of allylic oxidation sites excluding steroid dienone is 2. The Morgan fingerprint density at radius 2 is 1.30 bits per heavy atom. The highest BCUT2D eigenvalue weighted by molar-refractivity contribution is 8.23. The predicted octanol–water partition coefficient (Wildman–Crippen LogP) is 6.57. The lowest BCUT2D eigenvalue weighted by molar-refractivity contribution is -0.137. The van der Waals surface area contributed by atoms with Gasteiger partial charge in [-0.15, -0.1) is 47.0 Å². The molecule has 0 bridgehead atoms. The minimum atomic E-state index is -0.404. The van der Waals surface area contributed by atoms with E-state index in [0.717, 1.165) is 9.81 Å². The van der Waals surface area contributed by atoms with Crippen molar-refractivity contribution < 1.29 is 19.1 Å². The van der Waals surface area contributed by atoms with Gasteiger partial charge in [0, 0.05) is 22.0 Å². The fourth-order valence-electron chi connectivity index (χ4n) is 2.71. The Balaban J connectivity index is 1.62. The maximum Gasteiger partial charge on any atom is 0.330 e. The van der Waals surface area contributed by atoms with Gasteiger partial charge >= 0.3 is 11.9 Å². The molecule has 0 N–H and O–H groups in total. The van der Waals surface area contributed by atoms with Crippen molar-refractivity contribution in [3.8, 4) is 0 Å². The van der Waals surface area contributed by atoms with E-state index in [-0.39, 0.29) is 22.4 Å². The van der Waals surface area contributed by atoms with Crippen molar-refractivity contribution in [1.29, 1.82) is 0 Å². The van der Waals surface area contributed by atoms with Crippen molar-refractivity contribution in [3.05, 3.63) is 80.3 Å². The quantitative estimate of drug-likeness (QED) is 0.307. The second kappa shape index (κ2) is 10.7. The van der Waals surface area contributed by atoms with Crippen LogP contribution < -0.4 is 0 Å². The first-order chi connectivity index (χ1) is 14.4. The molecule has 2 heterocycles. The van der Waals surface area contributed by atoms with Crippen molar-refractivity contribution in [2.75, 3.05) is 13.2 Å². The van der Waals surface area contributed by atoms with Crippen molar-refractivity contribution >= 4 is 59.0 Å². The van der Waals surface area contributed by atoms with Gasteiger partial charge in [0.15, 0.2) is 0 Å². The Bertz CT molecular complexity index is 864. The summed E-state index contributed by atoms with van der Waals surface area (Å²) in [4.78, 5) is 27.2. The van der Waals surface area contributed by atoms with Gasteiger partial charge in [-0.05, 0) is 34.8 Å². The van der Waals surface area contributed by atoms with Crippen LogP contribution in [0.25, 0.3) is 0 Å². The summed E-state index contributed by atoms with van der Waals surface area (Å²) < 4.78 is 10.9. The minimum Gasteiger partial charge on any atom is -0.457 e. The molecule has 0 radical (unpaired) electrons. The summed E-state index contributed by atoms with van der Waals surface area (Å²) in [5.74, 6) is -0.807. The standard InChI is InChI=1S/C22H22O4S4/c1-5-19(23)25-11-17-13(3)27-21(29-17)15-8-7-9-16(10-15)22-28-14(4)18(30-22)12-26-20(24)6-2/h5-10,21-22H,1-2,11-12H2,3-4H3. The van der Waals surface area contributed by atoms with Gasteiger partial charge in [-0.25, -0.2) is 9.59 Å². The molecule has 0 spiro atoms. The number of benzene rings is 1. The zero-order valence-corrected chi connectivity index (χ0v) is 20.0. The third-order valence-electron chi connectivity index (χ3n) is 4.33. The number of rotatable bonds is 8. The molecule has 4 nitrogen and oxygen atoms in total. The lowest BCUT2D eigenvalue weighted by Crippen LogP contribution is -2.02. The third kappa shape index (κ3) is 5.81. The smallest absolute Gasteiger partial charge is 0.330 e. The number of thioether (sulfide) groups is 4. The largest absolute Gasteiger partial charge is 0.457 e. The van der Waals surface area contributed by atoms with Crippen LogP contribution in [0, 0.1) is 0 Å². The maximum atomic E-state index is 11.4. The molecule has 30 heavy (non-hydrogen) atoms. The molecule has 2 aliphatic heterocycles. The second-order valence-electron chi connectivity index (χ2n) is 6.39. The molecule has 8 heteroatoms.